The van der Waals surface area contributed by atoms with Crippen LogP contribution in [0.1, 0.15) is 12.5 Å². The lowest BCUT2D eigenvalue weighted by Crippen LogP contribution is -2.50. The second-order valence-electron chi connectivity index (χ2n) is 6.46. The fourth-order valence-electron chi connectivity index (χ4n) is 3.11. The lowest BCUT2D eigenvalue weighted by Gasteiger charge is -2.33. The SMILES string of the molecule is CCOc1ccccc1/C=C/C(=O)N1CCN(S(=O)(=O)c2ccccc2F)CC1. The van der Waals surface area contributed by atoms with Gasteiger partial charge in [0.25, 0.3) is 0 Å². The van der Waals surface area contributed by atoms with Crippen molar-refractivity contribution in [3.8, 4) is 5.75 Å². The minimum absolute atomic E-state index is 0.117. The number of amides is 1. The molecule has 2 aromatic rings. The van der Waals surface area contributed by atoms with Gasteiger partial charge in [-0.3, -0.25) is 4.79 Å². The molecule has 1 fully saturated rings. The van der Waals surface area contributed by atoms with E-state index in [9.17, 15) is 17.6 Å². The molecule has 0 radical (unpaired) electrons. The summed E-state index contributed by atoms with van der Waals surface area (Å²) in [5.74, 6) is -0.291. The van der Waals surface area contributed by atoms with E-state index in [-0.39, 0.29) is 37.0 Å². The molecule has 0 spiro atoms. The van der Waals surface area contributed by atoms with Crippen molar-refractivity contribution in [2.24, 2.45) is 0 Å². The molecule has 8 heteroatoms. The first-order chi connectivity index (χ1) is 13.9. The molecule has 1 aliphatic rings. The van der Waals surface area contributed by atoms with Gasteiger partial charge in [0.1, 0.15) is 16.5 Å². The van der Waals surface area contributed by atoms with Crippen LogP contribution in [0.4, 0.5) is 4.39 Å². The number of halogens is 1. The lowest BCUT2D eigenvalue weighted by molar-refractivity contribution is -0.127. The van der Waals surface area contributed by atoms with Gasteiger partial charge in [-0.25, -0.2) is 12.8 Å². The Morgan fingerprint density at radius 1 is 1.07 bits per heavy atom. The summed E-state index contributed by atoms with van der Waals surface area (Å²) in [4.78, 5) is 13.7. The van der Waals surface area contributed by atoms with Crippen LogP contribution < -0.4 is 4.74 Å². The van der Waals surface area contributed by atoms with Crippen molar-refractivity contribution in [3.63, 3.8) is 0 Å². The summed E-state index contributed by atoms with van der Waals surface area (Å²) in [6.45, 7) is 3.13. The second-order valence-corrected chi connectivity index (χ2v) is 8.37. The molecule has 0 atom stereocenters. The Labute approximate surface area is 170 Å². The summed E-state index contributed by atoms with van der Waals surface area (Å²) in [6, 6.07) is 12.7. The first-order valence-electron chi connectivity index (χ1n) is 9.37. The van der Waals surface area contributed by atoms with Gasteiger partial charge in [0.05, 0.1) is 6.61 Å². The fourth-order valence-corrected chi connectivity index (χ4v) is 4.60. The Hall–Kier alpha value is -2.71. The molecule has 0 N–H and O–H groups in total. The molecular formula is C21H23FN2O4S. The number of sulfonamides is 1. The Bertz CT molecular complexity index is 999. The third kappa shape index (κ3) is 4.83. The number of para-hydroxylation sites is 1. The van der Waals surface area contributed by atoms with E-state index in [0.717, 1.165) is 11.6 Å². The molecule has 0 unspecified atom stereocenters. The Balaban J connectivity index is 1.64. The van der Waals surface area contributed by atoms with Crippen LogP contribution in [0.3, 0.4) is 0 Å². The number of benzene rings is 2. The average molecular weight is 418 g/mol. The Kier molecular flexibility index (Phi) is 6.66. The maximum Gasteiger partial charge on any atom is 0.246 e. The highest BCUT2D eigenvalue weighted by molar-refractivity contribution is 7.89. The highest BCUT2D eigenvalue weighted by atomic mass is 32.2. The van der Waals surface area contributed by atoms with Crippen LogP contribution in [0.25, 0.3) is 6.08 Å². The number of piperazine rings is 1. The van der Waals surface area contributed by atoms with Crippen LogP contribution in [0.2, 0.25) is 0 Å². The predicted octanol–water partition coefficient (Wildman–Crippen LogP) is 2.77. The highest BCUT2D eigenvalue weighted by Gasteiger charge is 2.31. The molecule has 3 rings (SSSR count). The van der Waals surface area contributed by atoms with Crippen LogP contribution in [-0.4, -0.2) is 56.3 Å². The van der Waals surface area contributed by atoms with E-state index in [1.807, 2.05) is 31.2 Å². The third-order valence-electron chi connectivity index (χ3n) is 4.63. The van der Waals surface area contributed by atoms with E-state index >= 15 is 0 Å². The predicted molar refractivity (Wildman–Crippen MR) is 108 cm³/mol. The van der Waals surface area contributed by atoms with Gasteiger partial charge >= 0.3 is 0 Å². The molecule has 154 valence electrons. The summed E-state index contributed by atoms with van der Waals surface area (Å²) in [6.07, 6.45) is 3.15. The first-order valence-corrected chi connectivity index (χ1v) is 10.8. The molecule has 6 nitrogen and oxygen atoms in total. The van der Waals surface area contributed by atoms with Gasteiger partial charge in [0.15, 0.2) is 0 Å². The molecule has 0 aliphatic carbocycles. The monoisotopic (exact) mass is 418 g/mol. The van der Waals surface area contributed by atoms with E-state index in [1.54, 1.807) is 11.0 Å². The molecule has 1 aliphatic heterocycles. The Morgan fingerprint density at radius 3 is 2.41 bits per heavy atom. The van der Waals surface area contributed by atoms with E-state index in [4.69, 9.17) is 4.74 Å². The number of nitrogens with zero attached hydrogens (tertiary/aromatic N) is 2. The topological polar surface area (TPSA) is 66.9 Å². The molecule has 0 aromatic heterocycles. The van der Waals surface area contributed by atoms with Crippen LogP contribution >= 0.6 is 0 Å². The molecular weight excluding hydrogens is 395 g/mol. The zero-order valence-electron chi connectivity index (χ0n) is 16.1. The molecule has 0 bridgehead atoms. The van der Waals surface area contributed by atoms with Gasteiger partial charge in [-0.15, -0.1) is 0 Å². The molecule has 2 aromatic carbocycles. The minimum Gasteiger partial charge on any atom is -0.493 e. The van der Waals surface area contributed by atoms with Crippen molar-refractivity contribution in [2.75, 3.05) is 32.8 Å². The summed E-state index contributed by atoms with van der Waals surface area (Å²) in [5.41, 5.74) is 0.795. The van der Waals surface area contributed by atoms with Crippen LogP contribution in [0.15, 0.2) is 59.5 Å². The maximum absolute atomic E-state index is 13.9. The zero-order chi connectivity index (χ0) is 20.9. The summed E-state index contributed by atoms with van der Waals surface area (Å²) >= 11 is 0. The zero-order valence-corrected chi connectivity index (χ0v) is 16.9. The average Bonchev–Trinajstić information content (AvgIpc) is 2.73. The normalized spacial score (nSPS) is 15.6. The highest BCUT2D eigenvalue weighted by Crippen LogP contribution is 2.21. The van der Waals surface area contributed by atoms with E-state index in [2.05, 4.69) is 0 Å². The molecule has 1 saturated heterocycles. The van der Waals surface area contributed by atoms with Crippen LogP contribution in [0, 0.1) is 5.82 Å². The minimum atomic E-state index is -3.92. The van der Waals surface area contributed by atoms with Crippen molar-refractivity contribution in [1.82, 2.24) is 9.21 Å². The quantitative estimate of drug-likeness (QED) is 0.677. The van der Waals surface area contributed by atoms with E-state index in [1.165, 1.54) is 28.6 Å². The van der Waals surface area contributed by atoms with Crippen molar-refractivity contribution in [2.45, 2.75) is 11.8 Å². The summed E-state index contributed by atoms with van der Waals surface area (Å²) in [7, 11) is -3.92. The van der Waals surface area contributed by atoms with Gasteiger partial charge in [-0.05, 0) is 31.2 Å². The summed E-state index contributed by atoms with van der Waals surface area (Å²) in [5, 5.41) is 0. The number of hydrogen-bond acceptors (Lipinski definition) is 4. The molecule has 1 amide bonds. The van der Waals surface area contributed by atoms with Crippen molar-refractivity contribution < 1.29 is 22.3 Å². The fraction of sp³-hybridized carbons (Fsp3) is 0.286. The van der Waals surface area contributed by atoms with Crippen molar-refractivity contribution >= 4 is 22.0 Å². The number of rotatable bonds is 6. The van der Waals surface area contributed by atoms with E-state index in [0.29, 0.717) is 12.4 Å². The largest absolute Gasteiger partial charge is 0.493 e. The van der Waals surface area contributed by atoms with Gasteiger partial charge in [0, 0.05) is 37.8 Å². The van der Waals surface area contributed by atoms with Gasteiger partial charge in [0.2, 0.25) is 15.9 Å². The standard InChI is InChI=1S/C21H23FN2O4S/c1-2-28-19-9-5-3-7-17(19)11-12-21(25)23-13-15-24(16-14-23)29(26,27)20-10-6-4-8-18(20)22/h3-12H,2,13-16H2,1H3/b12-11+. The Morgan fingerprint density at radius 2 is 1.72 bits per heavy atom. The van der Waals surface area contributed by atoms with Gasteiger partial charge in [-0.1, -0.05) is 30.3 Å². The van der Waals surface area contributed by atoms with Crippen molar-refractivity contribution in [1.29, 1.82) is 0 Å². The molecule has 29 heavy (non-hydrogen) atoms. The third-order valence-corrected chi connectivity index (χ3v) is 6.56. The smallest absolute Gasteiger partial charge is 0.246 e. The number of carbonyl (C=O) groups excluding carboxylic acids is 1. The molecule has 1 heterocycles. The van der Waals surface area contributed by atoms with E-state index < -0.39 is 15.8 Å². The van der Waals surface area contributed by atoms with Gasteiger partial charge < -0.3 is 9.64 Å². The number of ether oxygens (including phenoxy) is 1. The first kappa shape index (κ1) is 21.0. The van der Waals surface area contributed by atoms with Crippen molar-refractivity contribution in [3.05, 3.63) is 66.0 Å². The second kappa shape index (κ2) is 9.19. The number of carbonyl (C=O) groups is 1. The maximum atomic E-state index is 13.9. The number of hydrogen-bond donors (Lipinski definition) is 0. The lowest BCUT2D eigenvalue weighted by atomic mass is 10.2. The van der Waals surface area contributed by atoms with Gasteiger partial charge in [-0.2, -0.15) is 4.31 Å². The summed E-state index contributed by atoms with van der Waals surface area (Å²) < 4.78 is 46.0. The van der Waals surface area contributed by atoms with Crippen LogP contribution in [-0.2, 0) is 14.8 Å². The molecule has 0 saturated carbocycles. The van der Waals surface area contributed by atoms with Crippen LogP contribution in [0.5, 0.6) is 5.75 Å².